The van der Waals surface area contributed by atoms with E-state index in [2.05, 4.69) is 5.10 Å². The summed E-state index contributed by atoms with van der Waals surface area (Å²) in [5.41, 5.74) is 2.27. The number of carbonyl (C=O) groups excluding carboxylic acids is 1. The summed E-state index contributed by atoms with van der Waals surface area (Å²) in [6, 6.07) is 23.5. The van der Waals surface area contributed by atoms with E-state index in [-0.39, 0.29) is 17.2 Å². The van der Waals surface area contributed by atoms with Gasteiger partial charge in [0.15, 0.2) is 5.54 Å². The van der Waals surface area contributed by atoms with E-state index >= 15 is 0 Å². The largest absolute Gasteiger partial charge is 0.310 e. The van der Waals surface area contributed by atoms with E-state index in [9.17, 15) is 13.2 Å². The second kappa shape index (κ2) is 7.31. The Hall–Kier alpha value is -3.45. The molecule has 3 aromatic rings. The predicted octanol–water partition coefficient (Wildman–Crippen LogP) is 4.06. The number of rotatable bonds is 4. The van der Waals surface area contributed by atoms with Gasteiger partial charge < -0.3 is 4.90 Å². The van der Waals surface area contributed by atoms with E-state index in [1.165, 1.54) is 0 Å². The molecule has 7 heteroatoms. The number of nitrogens with zero attached hydrogens (tertiary/aromatic N) is 3. The molecule has 2 aliphatic rings. The minimum atomic E-state index is -4.10. The fourth-order valence-electron chi connectivity index (χ4n) is 4.58. The van der Waals surface area contributed by atoms with Gasteiger partial charge in [-0.3, -0.25) is 4.79 Å². The van der Waals surface area contributed by atoms with Crippen molar-refractivity contribution in [1.82, 2.24) is 4.41 Å². The number of hydrogen-bond acceptors (Lipinski definition) is 4. The Morgan fingerprint density at radius 1 is 0.938 bits per heavy atom. The molecule has 1 spiro atoms. The molecular weight excluding hydrogens is 422 g/mol. The van der Waals surface area contributed by atoms with Crippen LogP contribution in [0.15, 0.2) is 88.9 Å². The molecule has 0 N–H and O–H groups in total. The average molecular weight is 446 g/mol. The lowest BCUT2D eigenvalue weighted by Gasteiger charge is -2.32. The summed E-state index contributed by atoms with van der Waals surface area (Å²) in [5.74, 6) is -0.272. The zero-order valence-corrected chi connectivity index (χ0v) is 18.7. The van der Waals surface area contributed by atoms with Crippen LogP contribution in [0.1, 0.15) is 30.0 Å². The smallest absolute Gasteiger partial charge is 0.280 e. The van der Waals surface area contributed by atoms with Crippen LogP contribution in [0.2, 0.25) is 0 Å². The molecule has 0 aromatic heterocycles. The van der Waals surface area contributed by atoms with Crippen molar-refractivity contribution in [2.45, 2.75) is 30.7 Å². The van der Waals surface area contributed by atoms with Gasteiger partial charge in [-0.25, -0.2) is 0 Å². The molecule has 2 heterocycles. The summed E-state index contributed by atoms with van der Waals surface area (Å²) >= 11 is 0. The van der Waals surface area contributed by atoms with E-state index in [4.69, 9.17) is 0 Å². The Labute approximate surface area is 187 Å². The summed E-state index contributed by atoms with van der Waals surface area (Å²) in [6.45, 7) is 4.23. The van der Waals surface area contributed by atoms with Crippen LogP contribution in [0, 0.1) is 6.92 Å². The zero-order chi connectivity index (χ0) is 22.5. The van der Waals surface area contributed by atoms with Crippen molar-refractivity contribution in [3.63, 3.8) is 0 Å². The molecule has 32 heavy (non-hydrogen) atoms. The molecule has 3 aromatic carbocycles. The van der Waals surface area contributed by atoms with Crippen LogP contribution in [0.4, 0.5) is 5.69 Å². The van der Waals surface area contributed by atoms with E-state index in [1.54, 1.807) is 29.2 Å². The van der Waals surface area contributed by atoms with Crippen molar-refractivity contribution in [1.29, 1.82) is 0 Å². The summed E-state index contributed by atoms with van der Waals surface area (Å²) in [4.78, 5) is 15.6. The van der Waals surface area contributed by atoms with Crippen LogP contribution < -0.4 is 4.90 Å². The minimum Gasteiger partial charge on any atom is -0.310 e. The Morgan fingerprint density at radius 2 is 1.59 bits per heavy atom. The van der Waals surface area contributed by atoms with Gasteiger partial charge in [0.25, 0.3) is 15.9 Å². The molecule has 162 valence electrons. The van der Waals surface area contributed by atoms with E-state index in [1.807, 2.05) is 68.4 Å². The van der Waals surface area contributed by atoms with E-state index in [0.29, 0.717) is 17.8 Å². The van der Waals surface area contributed by atoms with Crippen molar-refractivity contribution < 1.29 is 13.2 Å². The Balaban J connectivity index is 1.75. The first kappa shape index (κ1) is 20.5. The number of hydrogen-bond donors (Lipinski definition) is 0. The van der Waals surface area contributed by atoms with Crippen molar-refractivity contribution in [2.75, 3.05) is 11.4 Å². The molecule has 6 nitrogen and oxygen atoms in total. The van der Waals surface area contributed by atoms with Gasteiger partial charge in [-0.15, -0.1) is 0 Å². The second-order valence-corrected chi connectivity index (χ2v) is 9.84. The second-order valence-electron chi connectivity index (χ2n) is 8.08. The number of carbonyl (C=O) groups is 1. The SMILES string of the molecule is CCN1C(=O)[C@@]2(CC(c3ccccc3)=NN2S(=O)(=O)c2ccc(C)cc2)c2ccccc21. The van der Waals surface area contributed by atoms with Crippen LogP contribution >= 0.6 is 0 Å². The number of benzene rings is 3. The van der Waals surface area contributed by atoms with Gasteiger partial charge >= 0.3 is 0 Å². The summed E-state index contributed by atoms with van der Waals surface area (Å²) < 4.78 is 28.8. The van der Waals surface area contributed by atoms with Crippen molar-refractivity contribution in [3.8, 4) is 0 Å². The lowest BCUT2D eigenvalue weighted by atomic mass is 9.86. The fraction of sp³-hybridized carbons (Fsp3) is 0.200. The normalized spacial score (nSPS) is 20.1. The molecule has 0 unspecified atom stereocenters. The third kappa shape index (κ3) is 2.81. The maximum Gasteiger partial charge on any atom is 0.280 e. The van der Waals surface area contributed by atoms with E-state index in [0.717, 1.165) is 21.2 Å². The molecule has 0 saturated heterocycles. The van der Waals surface area contributed by atoms with Crippen molar-refractivity contribution in [3.05, 3.63) is 95.6 Å². The monoisotopic (exact) mass is 445 g/mol. The highest BCUT2D eigenvalue weighted by Gasteiger charge is 2.61. The quantitative estimate of drug-likeness (QED) is 0.608. The minimum absolute atomic E-state index is 0.112. The molecule has 0 radical (unpaired) electrons. The molecule has 0 aliphatic carbocycles. The van der Waals surface area contributed by atoms with Crippen LogP contribution in [-0.4, -0.2) is 31.0 Å². The molecule has 1 amide bonds. The summed E-state index contributed by atoms with van der Waals surface area (Å²) in [7, 11) is -4.10. The standard InChI is InChI=1S/C25H23N3O3S/c1-3-27-23-12-8-7-11-21(23)25(24(27)29)17-22(19-9-5-4-6-10-19)26-28(25)32(30,31)20-15-13-18(2)14-16-20/h4-16H,3,17H2,1-2H3/t25-/m1/s1. The predicted molar refractivity (Wildman–Crippen MR) is 124 cm³/mol. The molecule has 1 atom stereocenters. The van der Waals surface area contributed by atoms with Gasteiger partial charge in [-0.05, 0) is 37.6 Å². The molecule has 0 bridgehead atoms. The van der Waals surface area contributed by atoms with Gasteiger partial charge in [-0.1, -0.05) is 66.2 Å². The highest BCUT2D eigenvalue weighted by Crippen LogP contribution is 2.51. The highest BCUT2D eigenvalue weighted by molar-refractivity contribution is 7.89. The molecule has 5 rings (SSSR count). The fourth-order valence-corrected chi connectivity index (χ4v) is 6.11. The first-order valence-corrected chi connectivity index (χ1v) is 12.0. The lowest BCUT2D eigenvalue weighted by molar-refractivity contribution is -0.126. The van der Waals surface area contributed by atoms with Crippen molar-refractivity contribution >= 4 is 27.3 Å². The molecule has 0 saturated carbocycles. The third-order valence-electron chi connectivity index (χ3n) is 6.17. The van der Waals surface area contributed by atoms with Crippen LogP contribution in [0.3, 0.4) is 0 Å². The number of fused-ring (bicyclic) bond motifs is 2. The number of para-hydroxylation sites is 1. The Kier molecular flexibility index (Phi) is 4.67. The lowest BCUT2D eigenvalue weighted by Crippen LogP contribution is -2.51. The topological polar surface area (TPSA) is 70.1 Å². The Bertz CT molecular complexity index is 1330. The maximum atomic E-state index is 13.9. The van der Waals surface area contributed by atoms with Gasteiger partial charge in [-0.2, -0.15) is 17.9 Å². The average Bonchev–Trinajstić information content (AvgIpc) is 3.33. The number of likely N-dealkylation sites (N-methyl/N-ethyl adjacent to an activating group) is 1. The van der Waals surface area contributed by atoms with Crippen LogP contribution in [0.5, 0.6) is 0 Å². The molecule has 2 aliphatic heterocycles. The number of anilines is 1. The summed E-state index contributed by atoms with van der Waals surface area (Å²) in [6.07, 6.45) is 0.175. The first-order chi connectivity index (χ1) is 15.4. The van der Waals surface area contributed by atoms with Gasteiger partial charge in [0, 0.05) is 24.2 Å². The van der Waals surface area contributed by atoms with Crippen molar-refractivity contribution in [2.24, 2.45) is 5.10 Å². The Morgan fingerprint density at radius 3 is 2.28 bits per heavy atom. The summed E-state index contributed by atoms with van der Waals surface area (Å²) in [5, 5.41) is 4.60. The van der Waals surface area contributed by atoms with Gasteiger partial charge in [0.05, 0.1) is 10.6 Å². The van der Waals surface area contributed by atoms with Crippen LogP contribution in [0.25, 0.3) is 0 Å². The molecule has 0 fully saturated rings. The van der Waals surface area contributed by atoms with Gasteiger partial charge in [0.1, 0.15) is 0 Å². The van der Waals surface area contributed by atoms with Crippen LogP contribution in [-0.2, 0) is 20.4 Å². The number of hydrazone groups is 1. The third-order valence-corrected chi connectivity index (χ3v) is 7.89. The zero-order valence-electron chi connectivity index (χ0n) is 17.9. The van der Waals surface area contributed by atoms with E-state index < -0.39 is 15.6 Å². The maximum absolute atomic E-state index is 13.9. The number of aryl methyl sites for hydroxylation is 1. The molecular formula is C25H23N3O3S. The first-order valence-electron chi connectivity index (χ1n) is 10.6. The van der Waals surface area contributed by atoms with Gasteiger partial charge in [0.2, 0.25) is 0 Å². The highest BCUT2D eigenvalue weighted by atomic mass is 32.2. The number of amides is 1. The number of sulfonamides is 1.